The lowest BCUT2D eigenvalue weighted by Crippen LogP contribution is -2.04. The van der Waals surface area contributed by atoms with E-state index in [1.165, 1.54) is 0 Å². The Morgan fingerprint density at radius 1 is 1.44 bits per heavy atom. The van der Waals surface area contributed by atoms with E-state index in [0.29, 0.717) is 19.0 Å². The van der Waals surface area contributed by atoms with Crippen LogP contribution in [-0.2, 0) is 9.59 Å². The van der Waals surface area contributed by atoms with Gasteiger partial charge in [0.05, 0.1) is 0 Å². The molecule has 0 radical (unpaired) electrons. The third-order valence-corrected chi connectivity index (χ3v) is 1.09. The quantitative estimate of drug-likeness (QED) is 0.523. The van der Waals surface area contributed by atoms with Crippen LogP contribution in [0.4, 0.5) is 0 Å². The van der Waals surface area contributed by atoms with Crippen LogP contribution in [0.25, 0.3) is 0 Å². The third-order valence-electron chi connectivity index (χ3n) is 1.09. The zero-order valence-corrected chi connectivity index (χ0v) is 5.12. The number of aldehydes is 2. The Hall–Kier alpha value is -0.700. The molecule has 0 bridgehead atoms. The number of hydrogen-bond acceptors (Lipinski definition) is 3. The fourth-order valence-corrected chi connectivity index (χ4v) is 0.531. The van der Waals surface area contributed by atoms with Crippen LogP contribution in [0.2, 0.25) is 0 Å². The summed E-state index contributed by atoms with van der Waals surface area (Å²) in [5, 5.41) is 8.32. The smallest absolute Gasteiger partial charge is 0.123 e. The molecule has 0 spiro atoms. The topological polar surface area (TPSA) is 54.4 Å². The Balaban J connectivity index is 3.40. The average Bonchev–Trinajstić information content (AvgIpc) is 1.88. The molecule has 0 aromatic heterocycles. The highest BCUT2D eigenvalue weighted by molar-refractivity contribution is 5.61. The Bertz CT molecular complexity index is 90.3. The Labute approximate surface area is 53.7 Å². The third kappa shape index (κ3) is 3.85. The fourth-order valence-electron chi connectivity index (χ4n) is 0.531. The van der Waals surface area contributed by atoms with Gasteiger partial charge in [-0.1, -0.05) is 0 Å². The summed E-state index contributed by atoms with van der Waals surface area (Å²) in [5.41, 5.74) is 0. The first-order valence-corrected chi connectivity index (χ1v) is 2.85. The lowest BCUT2D eigenvalue weighted by Gasteiger charge is -2.00. The van der Waals surface area contributed by atoms with Crippen LogP contribution in [0.15, 0.2) is 0 Å². The molecular formula is C6H10O3. The summed E-state index contributed by atoms with van der Waals surface area (Å²) in [4.78, 5) is 19.8. The molecule has 0 aliphatic carbocycles. The minimum absolute atomic E-state index is 0.0305. The molecule has 1 N–H and O–H groups in total. The van der Waals surface area contributed by atoms with Gasteiger partial charge in [-0.3, -0.25) is 0 Å². The molecule has 0 aromatic rings. The van der Waals surface area contributed by atoms with Crippen molar-refractivity contribution in [1.82, 2.24) is 0 Å². The number of rotatable bonds is 5. The maximum Gasteiger partial charge on any atom is 0.123 e. The molecule has 0 rings (SSSR count). The van der Waals surface area contributed by atoms with E-state index in [-0.39, 0.29) is 18.9 Å². The van der Waals surface area contributed by atoms with E-state index in [0.717, 1.165) is 0 Å². The highest BCUT2D eigenvalue weighted by Crippen LogP contribution is 2.00. The van der Waals surface area contributed by atoms with E-state index >= 15 is 0 Å². The van der Waals surface area contributed by atoms with Crippen LogP contribution in [0.1, 0.15) is 12.8 Å². The maximum absolute atomic E-state index is 10.0. The summed E-state index contributed by atoms with van der Waals surface area (Å²) in [6.07, 6.45) is 2.01. The van der Waals surface area contributed by atoms with Crippen molar-refractivity contribution in [3.8, 4) is 0 Å². The zero-order valence-electron chi connectivity index (χ0n) is 5.12. The van der Waals surface area contributed by atoms with Gasteiger partial charge in [0.25, 0.3) is 0 Å². The molecular weight excluding hydrogens is 120 g/mol. The fraction of sp³-hybridized carbons (Fsp3) is 0.667. The summed E-state index contributed by atoms with van der Waals surface area (Å²) >= 11 is 0. The first-order valence-electron chi connectivity index (χ1n) is 2.85. The molecule has 0 aromatic carbocycles. The lowest BCUT2D eigenvalue weighted by atomic mass is 10.1. The van der Waals surface area contributed by atoms with Crippen LogP contribution in [0.3, 0.4) is 0 Å². The van der Waals surface area contributed by atoms with Gasteiger partial charge in [0.15, 0.2) is 0 Å². The first kappa shape index (κ1) is 8.30. The number of aliphatic hydroxyl groups is 1. The summed E-state index contributed by atoms with van der Waals surface area (Å²) in [7, 11) is 0. The van der Waals surface area contributed by atoms with Crippen LogP contribution in [0, 0.1) is 5.92 Å². The molecule has 1 unspecified atom stereocenters. The molecule has 0 saturated heterocycles. The van der Waals surface area contributed by atoms with Gasteiger partial charge in [-0.25, -0.2) is 0 Å². The maximum atomic E-state index is 10.0. The molecule has 0 amide bonds. The average molecular weight is 130 g/mol. The Kier molecular flexibility index (Phi) is 5.01. The molecule has 1 atom stereocenters. The molecule has 0 aliphatic heterocycles. The molecule has 3 nitrogen and oxygen atoms in total. The number of hydrogen-bond donors (Lipinski definition) is 1. The molecule has 0 fully saturated rings. The highest BCUT2D eigenvalue weighted by atomic mass is 16.3. The zero-order chi connectivity index (χ0) is 7.11. The van der Waals surface area contributed by atoms with Gasteiger partial charge in [0.2, 0.25) is 0 Å². The van der Waals surface area contributed by atoms with Crippen molar-refractivity contribution in [1.29, 1.82) is 0 Å². The normalized spacial score (nSPS) is 12.6. The van der Waals surface area contributed by atoms with E-state index in [9.17, 15) is 9.59 Å². The second kappa shape index (κ2) is 5.44. The summed E-state index contributed by atoms with van der Waals surface area (Å²) in [6.45, 7) is -0.0305. The molecule has 0 saturated carbocycles. The largest absolute Gasteiger partial charge is 0.396 e. The molecule has 9 heavy (non-hydrogen) atoms. The minimum Gasteiger partial charge on any atom is -0.396 e. The number of aliphatic hydroxyl groups excluding tert-OH is 1. The van der Waals surface area contributed by atoms with Crippen molar-refractivity contribution >= 4 is 12.6 Å². The second-order valence-electron chi connectivity index (χ2n) is 1.81. The molecule has 3 heteroatoms. The van der Waals surface area contributed by atoms with Gasteiger partial charge in [-0.2, -0.15) is 0 Å². The lowest BCUT2D eigenvalue weighted by molar-refractivity contribution is -0.115. The summed E-state index contributed by atoms with van der Waals surface area (Å²) in [5.74, 6) is -0.285. The monoisotopic (exact) mass is 130 g/mol. The van der Waals surface area contributed by atoms with E-state index in [1.54, 1.807) is 0 Å². The van der Waals surface area contributed by atoms with E-state index in [1.807, 2.05) is 0 Å². The first-order chi connectivity index (χ1) is 4.35. The van der Waals surface area contributed by atoms with Crippen molar-refractivity contribution in [2.45, 2.75) is 12.8 Å². The van der Waals surface area contributed by atoms with Crippen LogP contribution in [0.5, 0.6) is 0 Å². The van der Waals surface area contributed by atoms with Gasteiger partial charge in [0.1, 0.15) is 12.6 Å². The SMILES string of the molecule is O=CCC(C=O)CCO. The van der Waals surface area contributed by atoms with Crippen molar-refractivity contribution in [3.05, 3.63) is 0 Å². The highest BCUT2D eigenvalue weighted by Gasteiger charge is 2.03. The van der Waals surface area contributed by atoms with Crippen LogP contribution in [-0.4, -0.2) is 24.3 Å². The van der Waals surface area contributed by atoms with E-state index in [4.69, 9.17) is 5.11 Å². The number of carbonyl (C=O) groups excluding carboxylic acids is 2. The van der Waals surface area contributed by atoms with Gasteiger partial charge in [-0.05, 0) is 6.42 Å². The van der Waals surface area contributed by atoms with Gasteiger partial charge in [0, 0.05) is 18.9 Å². The van der Waals surface area contributed by atoms with Gasteiger partial charge >= 0.3 is 0 Å². The minimum atomic E-state index is -0.285. The number of carbonyl (C=O) groups is 2. The van der Waals surface area contributed by atoms with Crippen molar-refractivity contribution in [3.63, 3.8) is 0 Å². The standard InChI is InChI=1S/C6H10O3/c7-3-1-6(5-9)2-4-8/h3,5-6,8H,1-2,4H2. The van der Waals surface area contributed by atoms with Gasteiger partial charge in [-0.15, -0.1) is 0 Å². The van der Waals surface area contributed by atoms with Crippen molar-refractivity contribution in [2.24, 2.45) is 5.92 Å². The van der Waals surface area contributed by atoms with Crippen molar-refractivity contribution < 1.29 is 14.7 Å². The second-order valence-corrected chi connectivity index (χ2v) is 1.81. The van der Waals surface area contributed by atoms with E-state index in [2.05, 4.69) is 0 Å². The molecule has 52 valence electrons. The Morgan fingerprint density at radius 2 is 2.11 bits per heavy atom. The van der Waals surface area contributed by atoms with Gasteiger partial charge < -0.3 is 14.7 Å². The predicted octanol–water partition coefficient (Wildman–Crippen LogP) is -0.227. The predicted molar refractivity (Wildman–Crippen MR) is 31.9 cm³/mol. The summed E-state index contributed by atoms with van der Waals surface area (Å²) < 4.78 is 0. The molecule has 0 aliphatic rings. The van der Waals surface area contributed by atoms with Crippen LogP contribution < -0.4 is 0 Å². The van der Waals surface area contributed by atoms with Crippen molar-refractivity contribution in [2.75, 3.05) is 6.61 Å². The molecule has 0 heterocycles. The van der Waals surface area contributed by atoms with Crippen LogP contribution >= 0.6 is 0 Å². The Morgan fingerprint density at radius 3 is 2.44 bits per heavy atom. The van der Waals surface area contributed by atoms with E-state index < -0.39 is 0 Å². The summed E-state index contributed by atoms with van der Waals surface area (Å²) in [6, 6.07) is 0.